The number of amides is 1. The summed E-state index contributed by atoms with van der Waals surface area (Å²) in [6.07, 6.45) is 0.535. The first-order valence-corrected chi connectivity index (χ1v) is 7.09. The van der Waals surface area contributed by atoms with Crippen LogP contribution in [-0.4, -0.2) is 17.3 Å². The molecule has 6 heteroatoms. The summed E-state index contributed by atoms with van der Waals surface area (Å²) in [5.41, 5.74) is 1.50. The number of aliphatic hydroxyl groups excluding tert-OH is 1. The number of benzene rings is 2. The first-order valence-electron chi connectivity index (χ1n) is 7.09. The van der Waals surface area contributed by atoms with Crippen molar-refractivity contribution < 1.29 is 14.7 Å². The number of nitroso groups, excluding NO2 is 1. The van der Waals surface area contributed by atoms with Crippen molar-refractivity contribution >= 4 is 29.3 Å². The van der Waals surface area contributed by atoms with Gasteiger partial charge in [0.2, 0.25) is 0 Å². The van der Waals surface area contributed by atoms with E-state index in [-0.39, 0.29) is 22.6 Å². The van der Waals surface area contributed by atoms with Gasteiger partial charge in [-0.25, -0.2) is 0 Å². The molecule has 1 amide bonds. The highest BCUT2D eigenvalue weighted by molar-refractivity contribution is 6.20. The van der Waals surface area contributed by atoms with Crippen LogP contribution in [0.15, 0.2) is 70.9 Å². The fourth-order valence-electron chi connectivity index (χ4n) is 2.50. The second-order valence-electron chi connectivity index (χ2n) is 5.09. The van der Waals surface area contributed by atoms with E-state index in [1.807, 2.05) is 6.07 Å². The molecule has 118 valence electrons. The zero-order valence-corrected chi connectivity index (χ0v) is 12.4. The number of hydrogen-bond acceptors (Lipinski definition) is 5. The number of nitrogens with zero attached hydrogens (tertiary/aromatic N) is 1. The van der Waals surface area contributed by atoms with E-state index in [2.05, 4.69) is 10.5 Å². The van der Waals surface area contributed by atoms with Crippen LogP contribution in [0.5, 0.6) is 0 Å². The molecule has 0 unspecified atom stereocenters. The van der Waals surface area contributed by atoms with Crippen LogP contribution in [0, 0.1) is 4.91 Å². The number of nitrogens with one attached hydrogen (secondary N) is 1. The lowest BCUT2D eigenvalue weighted by atomic mass is 10.0. The molecule has 0 bridgehead atoms. The van der Waals surface area contributed by atoms with E-state index in [1.54, 1.807) is 24.3 Å². The maximum atomic E-state index is 12.3. The summed E-state index contributed by atoms with van der Waals surface area (Å²) in [7, 11) is 0. The molecule has 2 N–H and O–H groups in total. The predicted molar refractivity (Wildman–Crippen MR) is 89.0 cm³/mol. The molecule has 2 aromatic carbocycles. The van der Waals surface area contributed by atoms with Crippen LogP contribution in [0.4, 0.5) is 5.69 Å². The lowest BCUT2D eigenvalue weighted by Crippen LogP contribution is -2.16. The monoisotopic (exact) mass is 320 g/mol. The highest BCUT2D eigenvalue weighted by Gasteiger charge is 2.31. The van der Waals surface area contributed by atoms with Gasteiger partial charge in [0.25, 0.3) is 5.91 Å². The molecule has 1 aliphatic rings. The van der Waals surface area contributed by atoms with Gasteiger partial charge < -0.3 is 10.4 Å². The van der Waals surface area contributed by atoms with Gasteiger partial charge in [-0.2, -0.15) is 0 Å². The Kier molecular flexibility index (Phi) is 4.03. The molecule has 0 aliphatic carbocycles. The number of aldehydes is 1. The Balaban J connectivity index is 2.14. The Morgan fingerprint density at radius 3 is 2.29 bits per heavy atom. The highest BCUT2D eigenvalue weighted by atomic mass is 16.3. The normalized spacial score (nSPS) is 15.9. The molecular weight excluding hydrogens is 308 g/mol. The Hall–Kier alpha value is -3.54. The summed E-state index contributed by atoms with van der Waals surface area (Å²) in [6, 6.07) is 14.6. The summed E-state index contributed by atoms with van der Waals surface area (Å²) in [4.78, 5) is 34.3. The summed E-state index contributed by atoms with van der Waals surface area (Å²) in [5.74, 6) is -0.899. The topological polar surface area (TPSA) is 95.8 Å². The SMILES string of the molecule is O=CC1=C(c2ccccc2)NC(=O)/C1=C(/O)c1ccc(N=O)cc1. The molecule has 0 atom stereocenters. The van der Waals surface area contributed by atoms with Gasteiger partial charge in [0, 0.05) is 5.56 Å². The summed E-state index contributed by atoms with van der Waals surface area (Å²) in [6.45, 7) is 0. The molecule has 0 saturated heterocycles. The van der Waals surface area contributed by atoms with Gasteiger partial charge in [0.05, 0.1) is 16.8 Å². The first-order chi connectivity index (χ1) is 11.7. The summed E-state index contributed by atoms with van der Waals surface area (Å²) >= 11 is 0. The van der Waals surface area contributed by atoms with Crippen LogP contribution in [0.3, 0.4) is 0 Å². The van der Waals surface area contributed by atoms with E-state index in [9.17, 15) is 19.6 Å². The van der Waals surface area contributed by atoms with Crippen molar-refractivity contribution in [1.82, 2.24) is 5.32 Å². The number of rotatable bonds is 4. The second-order valence-corrected chi connectivity index (χ2v) is 5.09. The maximum Gasteiger partial charge on any atom is 0.260 e. The quantitative estimate of drug-likeness (QED) is 0.391. The molecule has 2 aromatic rings. The fourth-order valence-corrected chi connectivity index (χ4v) is 2.50. The van der Waals surface area contributed by atoms with E-state index in [0.717, 1.165) is 0 Å². The lowest BCUT2D eigenvalue weighted by Gasteiger charge is -2.04. The van der Waals surface area contributed by atoms with Crippen molar-refractivity contribution in [1.29, 1.82) is 0 Å². The molecule has 0 saturated carbocycles. The molecule has 0 spiro atoms. The Labute approximate surface area is 137 Å². The van der Waals surface area contributed by atoms with Crippen molar-refractivity contribution in [2.75, 3.05) is 0 Å². The van der Waals surface area contributed by atoms with Gasteiger partial charge in [-0.15, -0.1) is 4.91 Å². The van der Waals surface area contributed by atoms with E-state index in [4.69, 9.17) is 0 Å². The number of carbonyl (C=O) groups excluding carboxylic acids is 2. The molecule has 0 fully saturated rings. The molecule has 1 heterocycles. The maximum absolute atomic E-state index is 12.3. The molecule has 3 rings (SSSR count). The second kappa shape index (κ2) is 6.29. The third-order valence-electron chi connectivity index (χ3n) is 3.67. The lowest BCUT2D eigenvalue weighted by molar-refractivity contribution is -0.116. The molecule has 24 heavy (non-hydrogen) atoms. The van der Waals surface area contributed by atoms with Crippen molar-refractivity contribution in [3.63, 3.8) is 0 Å². The number of hydrogen-bond donors (Lipinski definition) is 2. The Morgan fingerprint density at radius 2 is 1.71 bits per heavy atom. The molecule has 1 aliphatic heterocycles. The third kappa shape index (κ3) is 2.61. The van der Waals surface area contributed by atoms with Crippen LogP contribution in [0.25, 0.3) is 11.5 Å². The zero-order valence-electron chi connectivity index (χ0n) is 12.4. The van der Waals surface area contributed by atoms with Gasteiger partial charge in [-0.05, 0) is 35.0 Å². The summed E-state index contributed by atoms with van der Waals surface area (Å²) < 4.78 is 0. The largest absolute Gasteiger partial charge is 0.506 e. The van der Waals surface area contributed by atoms with E-state index < -0.39 is 5.91 Å². The van der Waals surface area contributed by atoms with Crippen LogP contribution < -0.4 is 5.32 Å². The summed E-state index contributed by atoms with van der Waals surface area (Å²) in [5, 5.41) is 15.8. The fraction of sp³-hybridized carbons (Fsp3) is 0. The van der Waals surface area contributed by atoms with Crippen molar-refractivity contribution in [3.8, 4) is 0 Å². The van der Waals surface area contributed by atoms with Crippen molar-refractivity contribution in [2.24, 2.45) is 5.18 Å². The number of carbonyl (C=O) groups is 2. The minimum Gasteiger partial charge on any atom is -0.506 e. The minimum absolute atomic E-state index is 0.0845. The molecular formula is C18H12N2O4. The van der Waals surface area contributed by atoms with Crippen LogP contribution in [-0.2, 0) is 9.59 Å². The van der Waals surface area contributed by atoms with Gasteiger partial charge in [0.1, 0.15) is 11.4 Å². The average Bonchev–Trinajstić information content (AvgIpc) is 2.98. The van der Waals surface area contributed by atoms with Gasteiger partial charge in [-0.3, -0.25) is 9.59 Å². The highest BCUT2D eigenvalue weighted by Crippen LogP contribution is 2.31. The Bertz CT molecular complexity index is 881. The van der Waals surface area contributed by atoms with Gasteiger partial charge >= 0.3 is 0 Å². The van der Waals surface area contributed by atoms with Crippen molar-refractivity contribution in [3.05, 3.63) is 81.8 Å². The van der Waals surface area contributed by atoms with E-state index in [0.29, 0.717) is 23.1 Å². The average molecular weight is 320 g/mol. The molecule has 6 nitrogen and oxygen atoms in total. The van der Waals surface area contributed by atoms with E-state index in [1.165, 1.54) is 24.3 Å². The van der Waals surface area contributed by atoms with Crippen LogP contribution in [0.1, 0.15) is 11.1 Å². The smallest absolute Gasteiger partial charge is 0.260 e. The number of aliphatic hydroxyl groups is 1. The van der Waals surface area contributed by atoms with Crippen LogP contribution >= 0.6 is 0 Å². The zero-order chi connectivity index (χ0) is 17.1. The molecule has 0 aromatic heterocycles. The van der Waals surface area contributed by atoms with Gasteiger partial charge in [-0.1, -0.05) is 30.3 Å². The predicted octanol–water partition coefficient (Wildman–Crippen LogP) is 3.09. The Morgan fingerprint density at radius 1 is 1.04 bits per heavy atom. The molecule has 0 radical (unpaired) electrons. The van der Waals surface area contributed by atoms with Crippen molar-refractivity contribution in [2.45, 2.75) is 0 Å². The minimum atomic E-state index is -0.564. The van der Waals surface area contributed by atoms with Crippen LogP contribution in [0.2, 0.25) is 0 Å². The van der Waals surface area contributed by atoms with Gasteiger partial charge in [0.15, 0.2) is 6.29 Å². The first kappa shape index (κ1) is 15.4. The third-order valence-corrected chi connectivity index (χ3v) is 3.67. The van der Waals surface area contributed by atoms with E-state index >= 15 is 0 Å². The standard InChI is InChI=1S/C18H12N2O4/c21-10-14-15(17(22)12-6-8-13(20-24)9-7-12)18(23)19-16(14)11-4-2-1-3-5-11/h1-10,22H,(H,19,23)/b17-15+.